The van der Waals surface area contributed by atoms with Crippen LogP contribution in [-0.4, -0.2) is 12.9 Å². The highest BCUT2D eigenvalue weighted by Crippen LogP contribution is 2.22. The molecule has 0 atom stereocenters. The van der Waals surface area contributed by atoms with Gasteiger partial charge in [0.1, 0.15) is 5.75 Å². The molecule has 0 saturated carbocycles. The molecule has 0 heterocycles. The number of carbonyl (C=O) groups is 1. The van der Waals surface area contributed by atoms with Gasteiger partial charge in [-0.05, 0) is 30.3 Å². The summed E-state index contributed by atoms with van der Waals surface area (Å²) >= 11 is 11.8. The molecule has 18 heavy (non-hydrogen) atoms. The predicted octanol–water partition coefficient (Wildman–Crippen LogP) is 4.23. The smallest absolute Gasteiger partial charge is 0.193 e. The van der Waals surface area contributed by atoms with Crippen LogP contribution in [0.3, 0.4) is 0 Å². The second kappa shape index (κ2) is 5.42. The summed E-state index contributed by atoms with van der Waals surface area (Å²) in [6.45, 7) is 0. The number of methoxy groups -OCH3 is 1. The lowest BCUT2D eigenvalue weighted by atomic mass is 10.0. The van der Waals surface area contributed by atoms with E-state index < -0.39 is 0 Å². The maximum absolute atomic E-state index is 12.2. The van der Waals surface area contributed by atoms with Gasteiger partial charge in [-0.2, -0.15) is 0 Å². The third kappa shape index (κ3) is 2.84. The Morgan fingerprint density at radius 3 is 2.28 bits per heavy atom. The number of rotatable bonds is 3. The highest BCUT2D eigenvalue weighted by atomic mass is 35.5. The quantitative estimate of drug-likeness (QED) is 0.787. The van der Waals surface area contributed by atoms with Gasteiger partial charge in [-0.3, -0.25) is 4.79 Å². The number of ether oxygens (including phenoxy) is 1. The summed E-state index contributed by atoms with van der Waals surface area (Å²) in [5.41, 5.74) is 0.994. The van der Waals surface area contributed by atoms with Crippen molar-refractivity contribution >= 4 is 29.0 Å². The molecule has 0 bridgehead atoms. The molecule has 0 unspecified atom stereocenters. The van der Waals surface area contributed by atoms with E-state index in [-0.39, 0.29) is 5.78 Å². The standard InChI is InChI=1S/C14H10Cl2O2/c1-18-13-4-2-3-9(7-13)14(17)10-5-11(15)8-12(16)6-10/h2-8H,1H3. The van der Waals surface area contributed by atoms with Gasteiger partial charge in [-0.15, -0.1) is 0 Å². The molecule has 0 amide bonds. The average Bonchev–Trinajstić information content (AvgIpc) is 2.37. The van der Waals surface area contributed by atoms with Crippen LogP contribution < -0.4 is 4.74 Å². The van der Waals surface area contributed by atoms with Crippen molar-refractivity contribution in [1.82, 2.24) is 0 Å². The summed E-state index contributed by atoms with van der Waals surface area (Å²) in [6, 6.07) is 11.7. The summed E-state index contributed by atoms with van der Waals surface area (Å²) in [6.07, 6.45) is 0. The second-order valence-corrected chi connectivity index (χ2v) is 4.59. The minimum atomic E-state index is -0.140. The van der Waals surface area contributed by atoms with Crippen LogP contribution in [0.15, 0.2) is 42.5 Å². The van der Waals surface area contributed by atoms with Crippen molar-refractivity contribution in [3.63, 3.8) is 0 Å². The fourth-order valence-corrected chi connectivity index (χ4v) is 2.14. The Balaban J connectivity index is 2.41. The van der Waals surface area contributed by atoms with Gasteiger partial charge in [0.05, 0.1) is 7.11 Å². The van der Waals surface area contributed by atoms with Crippen molar-refractivity contribution in [1.29, 1.82) is 0 Å². The zero-order chi connectivity index (χ0) is 13.1. The Morgan fingerprint density at radius 1 is 1.00 bits per heavy atom. The predicted molar refractivity (Wildman–Crippen MR) is 72.9 cm³/mol. The highest BCUT2D eigenvalue weighted by Gasteiger charge is 2.11. The molecule has 0 saturated heterocycles. The fourth-order valence-electron chi connectivity index (χ4n) is 1.62. The van der Waals surface area contributed by atoms with E-state index in [1.165, 1.54) is 0 Å². The minimum Gasteiger partial charge on any atom is -0.497 e. The second-order valence-electron chi connectivity index (χ2n) is 3.72. The molecule has 0 fully saturated rings. The number of carbonyl (C=O) groups excluding carboxylic acids is 1. The summed E-state index contributed by atoms with van der Waals surface area (Å²) in [4.78, 5) is 12.2. The Hall–Kier alpha value is -1.51. The van der Waals surface area contributed by atoms with Crippen LogP contribution in [0.2, 0.25) is 10.0 Å². The van der Waals surface area contributed by atoms with Crippen LogP contribution in [0.25, 0.3) is 0 Å². The molecule has 0 aliphatic carbocycles. The summed E-state index contributed by atoms with van der Waals surface area (Å²) in [5, 5.41) is 0.877. The van der Waals surface area contributed by atoms with Gasteiger partial charge < -0.3 is 4.74 Å². The lowest BCUT2D eigenvalue weighted by Gasteiger charge is -2.05. The number of benzene rings is 2. The number of ketones is 1. The zero-order valence-electron chi connectivity index (χ0n) is 9.61. The van der Waals surface area contributed by atoms with Gasteiger partial charge in [0.15, 0.2) is 5.78 Å². The molecule has 0 aromatic heterocycles. The maximum atomic E-state index is 12.2. The van der Waals surface area contributed by atoms with Crippen LogP contribution in [0.5, 0.6) is 5.75 Å². The molecule has 92 valence electrons. The molecule has 2 nitrogen and oxygen atoms in total. The largest absolute Gasteiger partial charge is 0.497 e. The molecule has 0 aliphatic rings. The van der Waals surface area contributed by atoms with E-state index in [0.29, 0.717) is 26.9 Å². The number of hydrogen-bond acceptors (Lipinski definition) is 2. The van der Waals surface area contributed by atoms with Gasteiger partial charge >= 0.3 is 0 Å². The van der Waals surface area contributed by atoms with Crippen molar-refractivity contribution in [2.24, 2.45) is 0 Å². The van der Waals surface area contributed by atoms with E-state index in [0.717, 1.165) is 0 Å². The van der Waals surface area contributed by atoms with Crippen molar-refractivity contribution in [3.8, 4) is 5.75 Å². The monoisotopic (exact) mass is 280 g/mol. The first kappa shape index (κ1) is 12.9. The van der Waals surface area contributed by atoms with E-state index in [9.17, 15) is 4.79 Å². The Morgan fingerprint density at radius 2 is 1.67 bits per heavy atom. The molecular weight excluding hydrogens is 271 g/mol. The van der Waals surface area contributed by atoms with Crippen molar-refractivity contribution < 1.29 is 9.53 Å². The van der Waals surface area contributed by atoms with Crippen molar-refractivity contribution in [2.75, 3.05) is 7.11 Å². The minimum absolute atomic E-state index is 0.140. The number of halogens is 2. The fraction of sp³-hybridized carbons (Fsp3) is 0.0714. The normalized spacial score (nSPS) is 10.2. The average molecular weight is 281 g/mol. The first-order valence-electron chi connectivity index (χ1n) is 5.25. The molecule has 0 spiro atoms. The first-order chi connectivity index (χ1) is 8.60. The maximum Gasteiger partial charge on any atom is 0.193 e. The van der Waals surface area contributed by atoms with Crippen LogP contribution in [-0.2, 0) is 0 Å². The SMILES string of the molecule is COc1cccc(C(=O)c2cc(Cl)cc(Cl)c2)c1. The van der Waals surface area contributed by atoms with Crippen LogP contribution in [0.1, 0.15) is 15.9 Å². The lowest BCUT2D eigenvalue weighted by molar-refractivity contribution is 0.103. The third-order valence-electron chi connectivity index (χ3n) is 2.46. The molecule has 0 aliphatic heterocycles. The third-order valence-corrected chi connectivity index (χ3v) is 2.89. The number of hydrogen-bond donors (Lipinski definition) is 0. The van der Waals surface area contributed by atoms with Crippen molar-refractivity contribution in [2.45, 2.75) is 0 Å². The van der Waals surface area contributed by atoms with Gasteiger partial charge in [0.25, 0.3) is 0 Å². The van der Waals surface area contributed by atoms with Gasteiger partial charge in [-0.1, -0.05) is 35.3 Å². The molecule has 0 N–H and O–H groups in total. The zero-order valence-corrected chi connectivity index (χ0v) is 11.1. The molecule has 2 rings (SSSR count). The lowest BCUT2D eigenvalue weighted by Crippen LogP contribution is -2.01. The van der Waals surface area contributed by atoms with Crippen molar-refractivity contribution in [3.05, 3.63) is 63.6 Å². The van der Waals surface area contributed by atoms with Crippen LogP contribution >= 0.6 is 23.2 Å². The van der Waals surface area contributed by atoms with E-state index in [1.807, 2.05) is 0 Å². The van der Waals surface area contributed by atoms with E-state index in [1.54, 1.807) is 49.6 Å². The van der Waals surface area contributed by atoms with E-state index >= 15 is 0 Å². The first-order valence-corrected chi connectivity index (χ1v) is 6.00. The van der Waals surface area contributed by atoms with Crippen LogP contribution in [0, 0.1) is 0 Å². The topological polar surface area (TPSA) is 26.3 Å². The molecule has 2 aromatic rings. The Labute approximate surface area is 115 Å². The molecule has 2 aromatic carbocycles. The van der Waals surface area contributed by atoms with E-state index in [2.05, 4.69) is 0 Å². The highest BCUT2D eigenvalue weighted by molar-refractivity contribution is 6.35. The molecular formula is C14H10Cl2O2. The Bertz CT molecular complexity index is 574. The summed E-state index contributed by atoms with van der Waals surface area (Å²) in [5.74, 6) is 0.493. The summed E-state index contributed by atoms with van der Waals surface area (Å²) in [7, 11) is 1.56. The van der Waals surface area contributed by atoms with E-state index in [4.69, 9.17) is 27.9 Å². The van der Waals surface area contributed by atoms with Gasteiger partial charge in [0.2, 0.25) is 0 Å². The summed E-state index contributed by atoms with van der Waals surface area (Å²) < 4.78 is 5.08. The van der Waals surface area contributed by atoms with Crippen LogP contribution in [0.4, 0.5) is 0 Å². The Kier molecular flexibility index (Phi) is 3.90. The molecule has 0 radical (unpaired) electrons. The van der Waals surface area contributed by atoms with Gasteiger partial charge in [0, 0.05) is 21.2 Å². The van der Waals surface area contributed by atoms with Gasteiger partial charge in [-0.25, -0.2) is 0 Å². The molecule has 4 heteroatoms.